The fourth-order valence-electron chi connectivity index (χ4n) is 2.57. The Morgan fingerprint density at radius 1 is 1.50 bits per heavy atom. The molecule has 1 aliphatic rings. The Labute approximate surface area is 112 Å². The van der Waals surface area contributed by atoms with E-state index in [1.807, 2.05) is 0 Å². The van der Waals surface area contributed by atoms with E-state index in [1.54, 1.807) is 6.07 Å². The molecule has 18 heavy (non-hydrogen) atoms. The minimum absolute atomic E-state index is 0.00182. The van der Waals surface area contributed by atoms with Gasteiger partial charge in [-0.15, -0.1) is 0 Å². The van der Waals surface area contributed by atoms with Crippen LogP contribution in [0.3, 0.4) is 0 Å². The molecule has 0 bridgehead atoms. The van der Waals surface area contributed by atoms with Crippen LogP contribution in [0.5, 0.6) is 0 Å². The molecule has 1 aliphatic carbocycles. The number of carbonyl (C=O) groups is 1. The molecule has 1 amide bonds. The van der Waals surface area contributed by atoms with Gasteiger partial charge in [0.2, 0.25) is 11.9 Å². The van der Waals surface area contributed by atoms with Crippen LogP contribution in [0.1, 0.15) is 39.5 Å². The van der Waals surface area contributed by atoms with E-state index >= 15 is 0 Å². The second kappa shape index (κ2) is 5.22. The first-order valence-corrected chi connectivity index (χ1v) is 6.66. The third kappa shape index (κ3) is 2.99. The highest BCUT2D eigenvalue weighted by Crippen LogP contribution is 2.40. The highest BCUT2D eigenvalue weighted by atomic mass is 35.5. The van der Waals surface area contributed by atoms with E-state index in [4.69, 9.17) is 11.6 Å². The molecule has 98 valence electrons. The van der Waals surface area contributed by atoms with E-state index in [0.717, 1.165) is 19.3 Å². The van der Waals surface area contributed by atoms with E-state index in [1.165, 1.54) is 12.6 Å². The summed E-state index contributed by atoms with van der Waals surface area (Å²) in [5.74, 6) is 0.310. The van der Waals surface area contributed by atoms with Crippen molar-refractivity contribution in [3.8, 4) is 0 Å². The molecular formula is C13H18ClN3O. The topological polar surface area (TPSA) is 54.9 Å². The third-order valence-electron chi connectivity index (χ3n) is 3.68. The van der Waals surface area contributed by atoms with Crippen molar-refractivity contribution < 1.29 is 4.79 Å². The van der Waals surface area contributed by atoms with Crippen molar-refractivity contribution in [2.24, 2.45) is 11.3 Å². The van der Waals surface area contributed by atoms with Gasteiger partial charge < -0.3 is 0 Å². The summed E-state index contributed by atoms with van der Waals surface area (Å²) in [4.78, 5) is 20.2. The Morgan fingerprint density at radius 2 is 2.28 bits per heavy atom. The summed E-state index contributed by atoms with van der Waals surface area (Å²) in [6.45, 7) is 4.30. The van der Waals surface area contributed by atoms with Gasteiger partial charge in [-0.2, -0.15) is 0 Å². The van der Waals surface area contributed by atoms with E-state index in [9.17, 15) is 4.79 Å². The second-order valence-electron chi connectivity index (χ2n) is 5.48. The molecular weight excluding hydrogens is 250 g/mol. The first-order valence-electron chi connectivity index (χ1n) is 6.28. The van der Waals surface area contributed by atoms with Crippen LogP contribution >= 0.6 is 11.6 Å². The van der Waals surface area contributed by atoms with Gasteiger partial charge in [-0.3, -0.25) is 10.1 Å². The zero-order chi connectivity index (χ0) is 13.2. The summed E-state index contributed by atoms with van der Waals surface area (Å²) >= 11 is 5.77. The van der Waals surface area contributed by atoms with Crippen LogP contribution in [-0.4, -0.2) is 15.9 Å². The molecule has 0 radical (unpaired) electrons. The van der Waals surface area contributed by atoms with Crippen molar-refractivity contribution in [3.05, 3.63) is 17.4 Å². The molecule has 2 rings (SSSR count). The van der Waals surface area contributed by atoms with Crippen molar-refractivity contribution in [3.63, 3.8) is 0 Å². The van der Waals surface area contributed by atoms with Crippen molar-refractivity contribution in [2.45, 2.75) is 39.5 Å². The summed E-state index contributed by atoms with van der Waals surface area (Å²) in [6.07, 6.45) is 5.86. The molecule has 0 saturated heterocycles. The van der Waals surface area contributed by atoms with Crippen LogP contribution in [0.2, 0.25) is 5.15 Å². The molecule has 1 unspecified atom stereocenters. The van der Waals surface area contributed by atoms with Crippen molar-refractivity contribution in [1.82, 2.24) is 9.97 Å². The van der Waals surface area contributed by atoms with Gasteiger partial charge in [0.05, 0.1) is 0 Å². The lowest BCUT2D eigenvalue weighted by Crippen LogP contribution is -2.37. The van der Waals surface area contributed by atoms with E-state index in [2.05, 4.69) is 29.1 Å². The average Bonchev–Trinajstić information content (AvgIpc) is 2.28. The fraction of sp³-hybridized carbons (Fsp3) is 0.615. The van der Waals surface area contributed by atoms with Gasteiger partial charge in [-0.25, -0.2) is 9.97 Å². The van der Waals surface area contributed by atoms with Crippen LogP contribution in [-0.2, 0) is 4.79 Å². The SMILES string of the molecule is CC1(C)CCCCC1C(=O)Nc1nccc(Cl)n1. The number of halogens is 1. The van der Waals surface area contributed by atoms with Crippen LogP contribution < -0.4 is 5.32 Å². The molecule has 1 heterocycles. The maximum absolute atomic E-state index is 12.3. The zero-order valence-corrected chi connectivity index (χ0v) is 11.5. The molecule has 1 aromatic rings. The second-order valence-corrected chi connectivity index (χ2v) is 5.87. The van der Waals surface area contributed by atoms with Crippen LogP contribution in [0.4, 0.5) is 5.95 Å². The number of hydrogen-bond donors (Lipinski definition) is 1. The normalized spacial score (nSPS) is 22.5. The summed E-state index contributed by atoms with van der Waals surface area (Å²) in [7, 11) is 0. The van der Waals surface area contributed by atoms with Crippen LogP contribution in [0, 0.1) is 11.3 Å². The first-order chi connectivity index (χ1) is 8.49. The highest BCUT2D eigenvalue weighted by molar-refractivity contribution is 6.29. The molecule has 1 saturated carbocycles. The predicted octanol–water partition coefficient (Wildman–Crippen LogP) is 3.28. The van der Waals surface area contributed by atoms with Gasteiger partial charge in [0.15, 0.2) is 0 Å². The largest absolute Gasteiger partial charge is 0.294 e. The maximum Gasteiger partial charge on any atom is 0.230 e. The average molecular weight is 268 g/mol. The fourth-order valence-corrected chi connectivity index (χ4v) is 2.71. The van der Waals surface area contributed by atoms with Gasteiger partial charge >= 0.3 is 0 Å². The number of aromatic nitrogens is 2. The summed E-state index contributed by atoms with van der Waals surface area (Å²) < 4.78 is 0. The molecule has 5 heteroatoms. The molecule has 1 aromatic heterocycles. The van der Waals surface area contributed by atoms with Crippen molar-refractivity contribution in [2.75, 3.05) is 5.32 Å². The summed E-state index contributed by atoms with van der Waals surface area (Å²) in [5.41, 5.74) is 0.0426. The van der Waals surface area contributed by atoms with E-state index < -0.39 is 0 Å². The Hall–Kier alpha value is -1.16. The molecule has 4 nitrogen and oxygen atoms in total. The zero-order valence-electron chi connectivity index (χ0n) is 10.7. The van der Waals surface area contributed by atoms with Gasteiger partial charge in [-0.1, -0.05) is 38.3 Å². The predicted molar refractivity (Wildman–Crippen MR) is 71.4 cm³/mol. The molecule has 0 aromatic carbocycles. The van der Waals surface area contributed by atoms with Crippen LogP contribution in [0.15, 0.2) is 12.3 Å². The van der Waals surface area contributed by atoms with Gasteiger partial charge in [0.25, 0.3) is 0 Å². The first kappa shape index (κ1) is 13.3. The lowest BCUT2D eigenvalue weighted by Gasteiger charge is -2.37. The Morgan fingerprint density at radius 3 is 2.94 bits per heavy atom. The van der Waals surface area contributed by atoms with Crippen LogP contribution in [0.25, 0.3) is 0 Å². The Bertz CT molecular complexity index is 448. The lowest BCUT2D eigenvalue weighted by molar-refractivity contribution is -0.124. The number of nitrogens with one attached hydrogen (secondary N) is 1. The minimum Gasteiger partial charge on any atom is -0.294 e. The lowest BCUT2D eigenvalue weighted by atomic mass is 9.68. The number of nitrogens with zero attached hydrogens (tertiary/aromatic N) is 2. The summed E-state index contributed by atoms with van der Waals surface area (Å²) in [6, 6.07) is 1.59. The molecule has 0 aliphatic heterocycles. The Balaban J connectivity index is 2.07. The standard InChI is InChI=1S/C13H18ClN3O/c1-13(2)7-4-3-5-9(13)11(18)17-12-15-8-6-10(14)16-12/h6,8-9H,3-5,7H2,1-2H3,(H,15,16,17,18). The quantitative estimate of drug-likeness (QED) is 0.837. The maximum atomic E-state index is 12.3. The van der Waals surface area contributed by atoms with Crippen molar-refractivity contribution in [1.29, 1.82) is 0 Å². The number of amides is 1. The molecule has 1 fully saturated rings. The third-order valence-corrected chi connectivity index (χ3v) is 3.89. The summed E-state index contributed by atoms with van der Waals surface area (Å²) in [5, 5.41) is 3.10. The molecule has 0 spiro atoms. The van der Waals surface area contributed by atoms with Gasteiger partial charge in [0.1, 0.15) is 5.15 Å². The van der Waals surface area contributed by atoms with Crippen molar-refractivity contribution >= 4 is 23.5 Å². The number of anilines is 1. The Kier molecular flexibility index (Phi) is 3.85. The minimum atomic E-state index is 0.00182. The smallest absolute Gasteiger partial charge is 0.230 e. The number of rotatable bonds is 2. The highest BCUT2D eigenvalue weighted by Gasteiger charge is 2.37. The molecule has 1 N–H and O–H groups in total. The monoisotopic (exact) mass is 267 g/mol. The number of carbonyl (C=O) groups excluding carboxylic acids is 1. The van der Waals surface area contributed by atoms with Gasteiger partial charge in [-0.05, 0) is 24.3 Å². The van der Waals surface area contributed by atoms with E-state index in [-0.39, 0.29) is 23.2 Å². The number of hydrogen-bond acceptors (Lipinski definition) is 3. The molecule has 1 atom stereocenters. The van der Waals surface area contributed by atoms with E-state index in [0.29, 0.717) is 5.15 Å². The van der Waals surface area contributed by atoms with Gasteiger partial charge in [0, 0.05) is 12.1 Å².